The lowest BCUT2D eigenvalue weighted by atomic mass is 10.0. The highest BCUT2D eigenvalue weighted by Gasteiger charge is 2.19. The number of nitrogens with zero attached hydrogens (tertiary/aromatic N) is 1. The Morgan fingerprint density at radius 1 is 0.931 bits per heavy atom. The van der Waals surface area contributed by atoms with Crippen molar-refractivity contribution in [3.8, 4) is 28.4 Å². The van der Waals surface area contributed by atoms with Crippen molar-refractivity contribution < 1.29 is 19.0 Å². The molecule has 3 aromatic rings. The first-order valence-electron chi connectivity index (χ1n) is 10.1. The lowest BCUT2D eigenvalue weighted by molar-refractivity contribution is 0.171. The van der Waals surface area contributed by atoms with E-state index in [9.17, 15) is 9.90 Å². The number of likely N-dealkylation sites (tertiary alicyclic amines) is 1. The highest BCUT2D eigenvalue weighted by molar-refractivity contribution is 5.86. The molecule has 2 aliphatic rings. The predicted octanol–water partition coefficient (Wildman–Crippen LogP) is 3.92. The molecule has 0 spiro atoms. The van der Waals surface area contributed by atoms with E-state index in [0.717, 1.165) is 36.9 Å². The number of phenols is 1. The molecule has 2 aromatic carbocycles. The van der Waals surface area contributed by atoms with Crippen molar-refractivity contribution in [1.82, 2.24) is 4.90 Å². The Kier molecular flexibility index (Phi) is 4.64. The molecule has 2 aliphatic heterocycles. The molecular weight excluding hydrogens is 370 g/mol. The lowest BCUT2D eigenvalue weighted by Crippen LogP contribution is -2.29. The van der Waals surface area contributed by atoms with Gasteiger partial charge in [-0.15, -0.1) is 0 Å². The van der Waals surface area contributed by atoms with E-state index >= 15 is 0 Å². The number of hydrogen-bond donors (Lipinski definition) is 1. The number of aromatic hydroxyl groups is 1. The van der Waals surface area contributed by atoms with Crippen molar-refractivity contribution in [2.24, 2.45) is 0 Å². The Morgan fingerprint density at radius 2 is 1.72 bits per heavy atom. The Morgan fingerprint density at radius 3 is 2.55 bits per heavy atom. The zero-order valence-corrected chi connectivity index (χ0v) is 16.1. The summed E-state index contributed by atoms with van der Waals surface area (Å²) in [6.45, 7) is 3.58. The molecule has 1 N–H and O–H groups in total. The summed E-state index contributed by atoms with van der Waals surface area (Å²) in [5, 5.41) is 11.2. The first kappa shape index (κ1) is 18.1. The van der Waals surface area contributed by atoms with Gasteiger partial charge in [0, 0.05) is 11.9 Å². The summed E-state index contributed by atoms with van der Waals surface area (Å²) in [5.74, 6) is 1.47. The number of fused-ring (bicyclic) bond motifs is 2. The van der Waals surface area contributed by atoms with E-state index in [4.69, 9.17) is 13.9 Å². The lowest BCUT2D eigenvalue weighted by Gasteiger charge is -2.26. The second-order valence-electron chi connectivity index (χ2n) is 7.62. The summed E-state index contributed by atoms with van der Waals surface area (Å²) in [5.41, 5.74) is 1.89. The van der Waals surface area contributed by atoms with Gasteiger partial charge in [-0.1, -0.05) is 12.5 Å². The molecule has 6 heteroatoms. The Labute approximate surface area is 168 Å². The van der Waals surface area contributed by atoms with Gasteiger partial charge in [0.05, 0.1) is 11.1 Å². The van der Waals surface area contributed by atoms with Crippen LogP contribution in [0.25, 0.3) is 22.1 Å². The molecular formula is C23H23NO5. The van der Waals surface area contributed by atoms with Crippen LogP contribution in [0.2, 0.25) is 0 Å². The maximum Gasteiger partial charge on any atom is 0.344 e. The van der Waals surface area contributed by atoms with Crippen LogP contribution in [0.3, 0.4) is 0 Å². The first-order valence-corrected chi connectivity index (χ1v) is 10.1. The Hall–Kier alpha value is -2.99. The van der Waals surface area contributed by atoms with Crippen LogP contribution in [0.1, 0.15) is 24.8 Å². The number of rotatable bonds is 3. The maximum atomic E-state index is 12.8. The minimum Gasteiger partial charge on any atom is -0.507 e. The van der Waals surface area contributed by atoms with Crippen molar-refractivity contribution in [1.29, 1.82) is 0 Å². The van der Waals surface area contributed by atoms with Gasteiger partial charge in [-0.25, -0.2) is 4.79 Å². The van der Waals surface area contributed by atoms with Gasteiger partial charge >= 0.3 is 5.63 Å². The molecule has 0 bridgehead atoms. The van der Waals surface area contributed by atoms with Crippen LogP contribution >= 0.6 is 0 Å². The van der Waals surface area contributed by atoms with Crippen molar-refractivity contribution in [2.45, 2.75) is 25.8 Å². The van der Waals surface area contributed by atoms with Gasteiger partial charge < -0.3 is 19.0 Å². The third-order valence-corrected chi connectivity index (χ3v) is 5.66. The van der Waals surface area contributed by atoms with E-state index in [1.54, 1.807) is 12.1 Å². The van der Waals surface area contributed by atoms with Gasteiger partial charge in [-0.3, -0.25) is 4.90 Å². The van der Waals surface area contributed by atoms with E-state index in [2.05, 4.69) is 4.90 Å². The highest BCUT2D eigenvalue weighted by Crippen LogP contribution is 2.35. The van der Waals surface area contributed by atoms with Gasteiger partial charge in [0.15, 0.2) is 11.5 Å². The van der Waals surface area contributed by atoms with Crippen LogP contribution in [-0.4, -0.2) is 36.3 Å². The third-order valence-electron chi connectivity index (χ3n) is 5.66. The number of hydrogen-bond acceptors (Lipinski definition) is 6. The summed E-state index contributed by atoms with van der Waals surface area (Å²) in [6.07, 6.45) is 3.56. The zero-order chi connectivity index (χ0) is 19.8. The molecule has 1 aromatic heterocycles. The van der Waals surface area contributed by atoms with E-state index < -0.39 is 5.63 Å². The molecule has 6 nitrogen and oxygen atoms in total. The summed E-state index contributed by atoms with van der Waals surface area (Å²) in [6, 6.07) is 10.7. The smallest absolute Gasteiger partial charge is 0.344 e. The zero-order valence-electron chi connectivity index (χ0n) is 16.1. The topological polar surface area (TPSA) is 72.1 Å². The number of piperidine rings is 1. The molecule has 0 aliphatic carbocycles. The van der Waals surface area contributed by atoms with E-state index in [-0.39, 0.29) is 5.75 Å². The van der Waals surface area contributed by atoms with E-state index in [1.807, 2.05) is 24.3 Å². The number of benzene rings is 2. The van der Waals surface area contributed by atoms with Crippen molar-refractivity contribution in [3.05, 3.63) is 52.4 Å². The largest absolute Gasteiger partial charge is 0.507 e. The Bertz CT molecular complexity index is 1110. The molecule has 5 rings (SSSR count). The minimum absolute atomic E-state index is 0.165. The van der Waals surface area contributed by atoms with Crippen LogP contribution in [0.4, 0.5) is 0 Å². The molecule has 0 unspecified atom stereocenters. The first-order chi connectivity index (χ1) is 14.2. The number of ether oxygens (including phenoxy) is 2. The number of phenolic OH excluding ortho intramolecular Hbond substituents is 1. The fourth-order valence-corrected chi connectivity index (χ4v) is 4.14. The SMILES string of the molecule is O=c1oc2c(CN3CCCCC3)c(O)ccc2cc1-c1ccc2c(c1)OCCO2. The van der Waals surface area contributed by atoms with Gasteiger partial charge in [-0.2, -0.15) is 0 Å². The third kappa shape index (κ3) is 3.44. The standard InChI is InChI=1S/C23H23NO5/c25-19-6-4-16-12-17(15-5-7-20-21(13-15)28-11-10-27-20)23(26)29-22(16)18(19)14-24-8-2-1-3-9-24/h4-7,12-13,25H,1-3,8-11,14H2. The fraction of sp³-hybridized carbons (Fsp3) is 0.348. The van der Waals surface area contributed by atoms with Gasteiger partial charge in [0.1, 0.15) is 24.5 Å². The maximum absolute atomic E-state index is 12.8. The molecule has 0 saturated carbocycles. The highest BCUT2D eigenvalue weighted by atomic mass is 16.6. The average Bonchev–Trinajstić information content (AvgIpc) is 2.76. The molecule has 0 atom stereocenters. The van der Waals surface area contributed by atoms with Crippen molar-refractivity contribution in [3.63, 3.8) is 0 Å². The molecule has 3 heterocycles. The van der Waals surface area contributed by atoms with Crippen molar-refractivity contribution in [2.75, 3.05) is 26.3 Å². The van der Waals surface area contributed by atoms with Crippen LogP contribution in [0, 0.1) is 0 Å². The quantitative estimate of drug-likeness (QED) is 0.680. The van der Waals surface area contributed by atoms with Crippen LogP contribution in [0.15, 0.2) is 45.6 Å². The van der Waals surface area contributed by atoms with E-state index in [1.165, 1.54) is 6.42 Å². The van der Waals surface area contributed by atoms with Crippen LogP contribution < -0.4 is 15.1 Å². The van der Waals surface area contributed by atoms with Crippen LogP contribution in [-0.2, 0) is 6.54 Å². The summed E-state index contributed by atoms with van der Waals surface area (Å²) >= 11 is 0. The molecule has 150 valence electrons. The monoisotopic (exact) mass is 393 g/mol. The van der Waals surface area contributed by atoms with E-state index in [0.29, 0.717) is 48.0 Å². The second kappa shape index (κ2) is 7.44. The Balaban J connectivity index is 1.56. The molecule has 1 fully saturated rings. The fourth-order valence-electron chi connectivity index (χ4n) is 4.14. The second-order valence-corrected chi connectivity index (χ2v) is 7.62. The summed E-state index contributed by atoms with van der Waals surface area (Å²) < 4.78 is 16.9. The normalized spacial score (nSPS) is 16.8. The average molecular weight is 393 g/mol. The molecule has 0 radical (unpaired) electrons. The summed E-state index contributed by atoms with van der Waals surface area (Å²) in [7, 11) is 0. The van der Waals surface area contributed by atoms with Gasteiger partial charge in [-0.05, 0) is 61.8 Å². The summed E-state index contributed by atoms with van der Waals surface area (Å²) in [4.78, 5) is 15.1. The van der Waals surface area contributed by atoms with Crippen molar-refractivity contribution >= 4 is 11.0 Å². The molecule has 1 saturated heterocycles. The van der Waals surface area contributed by atoms with Gasteiger partial charge in [0.2, 0.25) is 0 Å². The predicted molar refractivity (Wildman–Crippen MR) is 110 cm³/mol. The minimum atomic E-state index is -0.431. The molecule has 29 heavy (non-hydrogen) atoms. The molecule has 0 amide bonds. The van der Waals surface area contributed by atoms with Gasteiger partial charge in [0.25, 0.3) is 0 Å². The van der Waals surface area contributed by atoms with Crippen LogP contribution in [0.5, 0.6) is 17.2 Å².